The van der Waals surface area contributed by atoms with E-state index in [1.807, 2.05) is 30.3 Å². The van der Waals surface area contributed by atoms with Crippen molar-refractivity contribution in [3.63, 3.8) is 0 Å². The van der Waals surface area contributed by atoms with E-state index in [-0.39, 0.29) is 17.7 Å². The minimum atomic E-state index is -0.449. The van der Waals surface area contributed by atoms with E-state index >= 15 is 0 Å². The molecule has 1 aliphatic heterocycles. The number of nitrogens with zero attached hydrogens (tertiary/aromatic N) is 1. The Morgan fingerprint density at radius 1 is 0.781 bits per heavy atom. The van der Waals surface area contributed by atoms with Gasteiger partial charge in [0.25, 0.3) is 0 Å². The number of hydrogen-bond donors (Lipinski definition) is 1. The number of benzene rings is 3. The highest BCUT2D eigenvalue weighted by Gasteiger charge is 2.50. The number of ether oxygens (including phenoxy) is 4. The standard InChI is InChI=1S/C25H25NO6/c1-29-19-10-8-15(9-11-19)23-22(16-6-5-7-18(27)12-16)25(28)26(23)17-13-20(30-2)24(32-4)21(14-17)31-3/h5-14,22-23,27H,1-4H3/t22-,23-/m1/s1. The van der Waals surface area contributed by atoms with Crippen molar-refractivity contribution in [2.45, 2.75) is 12.0 Å². The zero-order valence-electron chi connectivity index (χ0n) is 18.4. The Bertz CT molecular complexity index is 1100. The third-order valence-corrected chi connectivity index (χ3v) is 5.71. The number of β-lactam (4-membered cyclic amide) rings is 1. The predicted molar refractivity (Wildman–Crippen MR) is 120 cm³/mol. The van der Waals surface area contributed by atoms with Gasteiger partial charge in [-0.25, -0.2) is 0 Å². The second kappa shape index (κ2) is 8.70. The number of phenolic OH excluding ortho intramolecular Hbond substituents is 1. The Labute approximate surface area is 186 Å². The van der Waals surface area contributed by atoms with E-state index in [0.29, 0.717) is 22.9 Å². The van der Waals surface area contributed by atoms with Gasteiger partial charge in [-0.3, -0.25) is 4.79 Å². The van der Waals surface area contributed by atoms with E-state index < -0.39 is 5.92 Å². The Balaban J connectivity index is 1.82. The van der Waals surface area contributed by atoms with Crippen molar-refractivity contribution in [1.29, 1.82) is 0 Å². The van der Waals surface area contributed by atoms with Crippen LogP contribution in [0.15, 0.2) is 60.7 Å². The van der Waals surface area contributed by atoms with Crippen LogP contribution in [-0.4, -0.2) is 39.5 Å². The third kappa shape index (κ3) is 3.56. The van der Waals surface area contributed by atoms with Crippen molar-refractivity contribution in [3.8, 4) is 28.7 Å². The SMILES string of the molecule is COc1ccc([C@@H]2[C@@H](c3cccc(O)c3)C(=O)N2c2cc(OC)c(OC)c(OC)c2)cc1. The van der Waals surface area contributed by atoms with E-state index in [9.17, 15) is 9.90 Å². The second-order valence-electron chi connectivity index (χ2n) is 7.38. The molecule has 1 saturated heterocycles. The summed E-state index contributed by atoms with van der Waals surface area (Å²) in [6.07, 6.45) is 0. The molecule has 1 N–H and O–H groups in total. The second-order valence-corrected chi connectivity index (χ2v) is 7.38. The highest BCUT2D eigenvalue weighted by atomic mass is 16.5. The molecule has 0 bridgehead atoms. The summed E-state index contributed by atoms with van der Waals surface area (Å²) in [4.78, 5) is 15.2. The molecule has 0 saturated carbocycles. The average Bonchev–Trinajstić information content (AvgIpc) is 2.82. The first-order valence-corrected chi connectivity index (χ1v) is 10.1. The molecule has 3 aromatic carbocycles. The fourth-order valence-electron chi connectivity index (χ4n) is 4.17. The molecule has 0 aliphatic carbocycles. The lowest BCUT2D eigenvalue weighted by Crippen LogP contribution is -2.53. The van der Waals surface area contributed by atoms with Crippen molar-refractivity contribution in [2.24, 2.45) is 0 Å². The summed E-state index contributed by atoms with van der Waals surface area (Å²) in [5.74, 6) is 1.69. The molecule has 0 radical (unpaired) electrons. The molecule has 3 aromatic rings. The summed E-state index contributed by atoms with van der Waals surface area (Å²) < 4.78 is 21.7. The summed E-state index contributed by atoms with van der Waals surface area (Å²) >= 11 is 0. The summed E-state index contributed by atoms with van der Waals surface area (Å²) in [5, 5.41) is 9.98. The molecular formula is C25H25NO6. The largest absolute Gasteiger partial charge is 0.508 e. The molecule has 1 fully saturated rings. The van der Waals surface area contributed by atoms with Gasteiger partial charge in [0.15, 0.2) is 11.5 Å². The van der Waals surface area contributed by atoms with Crippen LogP contribution in [0.25, 0.3) is 0 Å². The molecule has 32 heavy (non-hydrogen) atoms. The van der Waals surface area contributed by atoms with Gasteiger partial charge in [0, 0.05) is 12.1 Å². The minimum absolute atomic E-state index is 0.0920. The number of methoxy groups -OCH3 is 4. The molecule has 1 heterocycles. The van der Waals surface area contributed by atoms with Gasteiger partial charge in [0.05, 0.1) is 46.1 Å². The van der Waals surface area contributed by atoms with Crippen LogP contribution >= 0.6 is 0 Å². The Morgan fingerprint density at radius 2 is 1.44 bits per heavy atom. The van der Waals surface area contributed by atoms with Crippen LogP contribution in [0.4, 0.5) is 5.69 Å². The lowest BCUT2D eigenvalue weighted by atomic mass is 9.77. The van der Waals surface area contributed by atoms with Crippen LogP contribution in [-0.2, 0) is 4.79 Å². The monoisotopic (exact) mass is 435 g/mol. The smallest absolute Gasteiger partial charge is 0.237 e. The van der Waals surface area contributed by atoms with Crippen LogP contribution in [0.3, 0.4) is 0 Å². The van der Waals surface area contributed by atoms with Gasteiger partial charge in [0.1, 0.15) is 11.5 Å². The van der Waals surface area contributed by atoms with Crippen molar-refractivity contribution in [1.82, 2.24) is 0 Å². The van der Waals surface area contributed by atoms with Crippen LogP contribution in [0, 0.1) is 0 Å². The van der Waals surface area contributed by atoms with Crippen LogP contribution in [0.1, 0.15) is 23.1 Å². The van der Waals surface area contributed by atoms with E-state index in [2.05, 4.69) is 0 Å². The molecule has 4 rings (SSSR count). The van der Waals surface area contributed by atoms with E-state index in [1.165, 1.54) is 21.3 Å². The zero-order chi connectivity index (χ0) is 22.8. The van der Waals surface area contributed by atoms with Gasteiger partial charge in [-0.1, -0.05) is 24.3 Å². The van der Waals surface area contributed by atoms with Crippen LogP contribution < -0.4 is 23.8 Å². The normalized spacial score (nSPS) is 17.5. The Kier molecular flexibility index (Phi) is 5.81. The lowest BCUT2D eigenvalue weighted by molar-refractivity contribution is -0.126. The van der Waals surface area contributed by atoms with Gasteiger partial charge in [0.2, 0.25) is 11.7 Å². The molecule has 0 spiro atoms. The highest BCUT2D eigenvalue weighted by Crippen LogP contribution is 2.52. The first kappa shape index (κ1) is 21.4. The quantitative estimate of drug-likeness (QED) is 0.558. The van der Waals surface area contributed by atoms with E-state index in [1.54, 1.807) is 42.3 Å². The molecule has 2 atom stereocenters. The van der Waals surface area contributed by atoms with Crippen molar-refractivity contribution < 1.29 is 28.8 Å². The molecule has 1 amide bonds. The zero-order valence-corrected chi connectivity index (χ0v) is 18.4. The van der Waals surface area contributed by atoms with Gasteiger partial charge in [-0.05, 0) is 35.4 Å². The maximum Gasteiger partial charge on any atom is 0.237 e. The molecular weight excluding hydrogens is 410 g/mol. The maximum atomic E-state index is 13.4. The van der Waals surface area contributed by atoms with Crippen LogP contribution in [0.5, 0.6) is 28.7 Å². The van der Waals surface area contributed by atoms with Gasteiger partial charge >= 0.3 is 0 Å². The molecule has 7 heteroatoms. The first-order valence-electron chi connectivity index (χ1n) is 10.1. The molecule has 7 nitrogen and oxygen atoms in total. The third-order valence-electron chi connectivity index (χ3n) is 5.71. The molecule has 1 aliphatic rings. The van der Waals surface area contributed by atoms with Crippen molar-refractivity contribution in [3.05, 3.63) is 71.8 Å². The maximum absolute atomic E-state index is 13.4. The van der Waals surface area contributed by atoms with E-state index in [4.69, 9.17) is 18.9 Å². The topological polar surface area (TPSA) is 77.5 Å². The molecule has 0 aromatic heterocycles. The van der Waals surface area contributed by atoms with Gasteiger partial charge in [-0.15, -0.1) is 0 Å². The average molecular weight is 435 g/mol. The fourth-order valence-corrected chi connectivity index (χ4v) is 4.17. The van der Waals surface area contributed by atoms with E-state index in [0.717, 1.165) is 16.9 Å². The molecule has 0 unspecified atom stereocenters. The minimum Gasteiger partial charge on any atom is -0.508 e. The first-order chi connectivity index (χ1) is 15.5. The Hall–Kier alpha value is -3.87. The van der Waals surface area contributed by atoms with Crippen LogP contribution in [0.2, 0.25) is 0 Å². The lowest BCUT2D eigenvalue weighted by Gasteiger charge is -2.48. The predicted octanol–water partition coefficient (Wildman–Crippen LogP) is 4.30. The number of anilines is 1. The number of carbonyl (C=O) groups is 1. The fraction of sp³-hybridized carbons (Fsp3) is 0.240. The summed E-state index contributed by atoms with van der Waals surface area (Å²) in [6, 6.07) is 17.7. The number of carbonyl (C=O) groups excluding carboxylic acids is 1. The number of phenols is 1. The van der Waals surface area contributed by atoms with Gasteiger partial charge in [-0.2, -0.15) is 0 Å². The number of rotatable bonds is 7. The summed E-state index contributed by atoms with van der Waals surface area (Å²) in [5.41, 5.74) is 2.31. The summed E-state index contributed by atoms with van der Waals surface area (Å²) in [6.45, 7) is 0. The Morgan fingerprint density at radius 3 is 1.97 bits per heavy atom. The highest BCUT2D eigenvalue weighted by molar-refractivity contribution is 6.07. The number of amides is 1. The molecule has 166 valence electrons. The number of aromatic hydroxyl groups is 1. The van der Waals surface area contributed by atoms with Crippen molar-refractivity contribution in [2.75, 3.05) is 33.3 Å². The van der Waals surface area contributed by atoms with Crippen molar-refractivity contribution >= 4 is 11.6 Å². The summed E-state index contributed by atoms with van der Waals surface area (Å²) in [7, 11) is 6.22. The number of hydrogen-bond acceptors (Lipinski definition) is 6. The van der Waals surface area contributed by atoms with Gasteiger partial charge < -0.3 is 29.0 Å².